The molecule has 0 saturated heterocycles. The fourth-order valence-electron chi connectivity index (χ4n) is 1.62. The summed E-state index contributed by atoms with van der Waals surface area (Å²) < 4.78 is 0. The molecular weight excluding hydrogens is 250 g/mol. The van der Waals surface area contributed by atoms with Gasteiger partial charge < -0.3 is 10.0 Å². The van der Waals surface area contributed by atoms with Crippen molar-refractivity contribution in [2.45, 2.75) is 26.8 Å². The van der Waals surface area contributed by atoms with Crippen molar-refractivity contribution < 1.29 is 14.8 Å². The lowest BCUT2D eigenvalue weighted by atomic mass is 10.0. The van der Waals surface area contributed by atoms with Gasteiger partial charge in [-0.25, -0.2) is 9.78 Å². The highest BCUT2D eigenvalue weighted by Crippen LogP contribution is 2.24. The van der Waals surface area contributed by atoms with E-state index in [1.165, 1.54) is 0 Å². The molecule has 0 radical (unpaired) electrons. The van der Waals surface area contributed by atoms with Gasteiger partial charge in [0.25, 0.3) is 5.69 Å². The molecule has 1 rings (SSSR count). The Morgan fingerprint density at radius 1 is 1.47 bits per heavy atom. The third-order valence-corrected chi connectivity index (χ3v) is 3.20. The van der Waals surface area contributed by atoms with E-state index >= 15 is 0 Å². The van der Waals surface area contributed by atoms with Crippen LogP contribution in [0.15, 0.2) is 12.3 Å². The van der Waals surface area contributed by atoms with Crippen molar-refractivity contribution in [3.8, 4) is 0 Å². The molecule has 0 aliphatic rings. The Labute approximate surface area is 111 Å². The molecule has 104 valence electrons. The number of aromatic carboxylic acids is 1. The lowest BCUT2D eigenvalue weighted by molar-refractivity contribution is -0.385. The Balaban J connectivity index is 3.27. The van der Waals surface area contributed by atoms with Gasteiger partial charge in [-0.2, -0.15) is 0 Å². The molecule has 0 aliphatic heterocycles. The highest BCUT2D eigenvalue weighted by atomic mass is 16.6. The summed E-state index contributed by atoms with van der Waals surface area (Å²) in [6.45, 7) is 5.96. The smallest absolute Gasteiger partial charge is 0.339 e. The van der Waals surface area contributed by atoms with Crippen LogP contribution in [0.25, 0.3) is 0 Å². The Hall–Kier alpha value is -2.18. The van der Waals surface area contributed by atoms with Gasteiger partial charge in [-0.3, -0.25) is 10.1 Å². The van der Waals surface area contributed by atoms with Gasteiger partial charge in [0.2, 0.25) is 0 Å². The topological polar surface area (TPSA) is 96.6 Å². The van der Waals surface area contributed by atoms with Crippen molar-refractivity contribution >= 4 is 17.5 Å². The normalized spacial score (nSPS) is 12.3. The first-order valence-electron chi connectivity index (χ1n) is 5.86. The van der Waals surface area contributed by atoms with Crippen LogP contribution in [0.3, 0.4) is 0 Å². The molecule has 1 unspecified atom stereocenters. The van der Waals surface area contributed by atoms with E-state index in [2.05, 4.69) is 4.98 Å². The predicted octanol–water partition coefficient (Wildman–Crippen LogP) is 2.17. The summed E-state index contributed by atoms with van der Waals surface area (Å²) in [5, 5.41) is 19.8. The second-order valence-corrected chi connectivity index (χ2v) is 4.72. The first-order chi connectivity index (χ1) is 8.75. The average molecular weight is 267 g/mol. The number of rotatable bonds is 5. The molecule has 0 aromatic carbocycles. The molecule has 1 heterocycles. The van der Waals surface area contributed by atoms with Crippen molar-refractivity contribution in [1.82, 2.24) is 4.98 Å². The number of aromatic nitrogens is 1. The molecule has 0 bridgehead atoms. The first-order valence-corrected chi connectivity index (χ1v) is 5.86. The van der Waals surface area contributed by atoms with Crippen LogP contribution in [0.5, 0.6) is 0 Å². The van der Waals surface area contributed by atoms with E-state index in [4.69, 9.17) is 5.11 Å². The maximum absolute atomic E-state index is 11.2. The Kier molecular flexibility index (Phi) is 4.42. The number of pyridine rings is 1. The fourth-order valence-corrected chi connectivity index (χ4v) is 1.62. The van der Waals surface area contributed by atoms with E-state index in [0.717, 1.165) is 12.3 Å². The van der Waals surface area contributed by atoms with Crippen molar-refractivity contribution in [2.75, 3.05) is 11.9 Å². The number of carbonyl (C=O) groups is 1. The Bertz CT molecular complexity index is 502. The zero-order chi connectivity index (χ0) is 14.7. The minimum absolute atomic E-state index is 0.0621. The number of carboxylic acids is 1. The molecule has 0 saturated carbocycles. The molecule has 7 heteroatoms. The zero-order valence-corrected chi connectivity index (χ0v) is 11.3. The first kappa shape index (κ1) is 14.9. The number of hydrogen-bond donors (Lipinski definition) is 1. The molecule has 1 aromatic heterocycles. The van der Waals surface area contributed by atoms with Crippen molar-refractivity contribution in [3.05, 3.63) is 27.9 Å². The van der Waals surface area contributed by atoms with Gasteiger partial charge in [-0.05, 0) is 12.8 Å². The molecule has 0 fully saturated rings. The van der Waals surface area contributed by atoms with Gasteiger partial charge in [0.1, 0.15) is 17.6 Å². The van der Waals surface area contributed by atoms with Crippen LogP contribution in [0.4, 0.5) is 11.5 Å². The van der Waals surface area contributed by atoms with Crippen molar-refractivity contribution in [1.29, 1.82) is 0 Å². The van der Waals surface area contributed by atoms with Crippen molar-refractivity contribution in [3.63, 3.8) is 0 Å². The van der Waals surface area contributed by atoms with Crippen LogP contribution < -0.4 is 4.90 Å². The average Bonchev–Trinajstić information content (AvgIpc) is 2.35. The summed E-state index contributed by atoms with van der Waals surface area (Å²) in [4.78, 5) is 26.9. The van der Waals surface area contributed by atoms with E-state index < -0.39 is 10.9 Å². The highest BCUT2D eigenvalue weighted by molar-refractivity contribution is 5.94. The van der Waals surface area contributed by atoms with Crippen molar-refractivity contribution in [2.24, 2.45) is 5.92 Å². The molecule has 0 spiro atoms. The number of carboxylic acid groups (broad SMARTS) is 1. The number of anilines is 1. The molecule has 1 atom stereocenters. The molecular formula is C12H17N3O4. The van der Waals surface area contributed by atoms with Crippen LogP contribution in [-0.4, -0.2) is 34.1 Å². The Morgan fingerprint density at radius 3 is 2.47 bits per heavy atom. The summed E-state index contributed by atoms with van der Waals surface area (Å²) in [6.07, 6.45) is 1.07. The second kappa shape index (κ2) is 5.64. The lowest BCUT2D eigenvalue weighted by Gasteiger charge is -2.29. The van der Waals surface area contributed by atoms with Crippen LogP contribution in [0.2, 0.25) is 0 Å². The summed E-state index contributed by atoms with van der Waals surface area (Å²) in [5.74, 6) is -0.697. The summed E-state index contributed by atoms with van der Waals surface area (Å²) >= 11 is 0. The number of hydrogen-bond acceptors (Lipinski definition) is 5. The minimum Gasteiger partial charge on any atom is -0.478 e. The number of nitrogens with zero attached hydrogens (tertiary/aromatic N) is 3. The molecule has 1 aromatic rings. The summed E-state index contributed by atoms with van der Waals surface area (Å²) in [5.41, 5.74) is -0.490. The molecule has 1 N–H and O–H groups in total. The standard InChI is InChI=1S/C12H17N3O4/c1-7(2)8(3)14(4)11-10(12(16)17)5-9(6-13-11)15(18)19/h5-8H,1-4H3,(H,16,17). The Morgan fingerprint density at radius 2 is 2.05 bits per heavy atom. The second-order valence-electron chi connectivity index (χ2n) is 4.72. The number of nitro groups is 1. The highest BCUT2D eigenvalue weighted by Gasteiger charge is 2.23. The van der Waals surface area contributed by atoms with Gasteiger partial charge in [0.15, 0.2) is 0 Å². The van der Waals surface area contributed by atoms with Gasteiger partial charge >= 0.3 is 5.97 Å². The van der Waals surface area contributed by atoms with Gasteiger partial charge in [0.05, 0.1) is 4.92 Å². The van der Waals surface area contributed by atoms with Gasteiger partial charge in [0, 0.05) is 19.2 Å². The molecule has 7 nitrogen and oxygen atoms in total. The fraction of sp³-hybridized carbons (Fsp3) is 0.500. The van der Waals surface area contributed by atoms with Crippen LogP contribution in [-0.2, 0) is 0 Å². The quantitative estimate of drug-likeness (QED) is 0.648. The summed E-state index contributed by atoms with van der Waals surface area (Å²) in [7, 11) is 1.73. The monoisotopic (exact) mass is 267 g/mol. The van der Waals surface area contributed by atoms with E-state index in [1.54, 1.807) is 11.9 Å². The molecule has 19 heavy (non-hydrogen) atoms. The zero-order valence-electron chi connectivity index (χ0n) is 11.3. The summed E-state index contributed by atoms with van der Waals surface area (Å²) in [6, 6.07) is 1.10. The van der Waals surface area contributed by atoms with Crippen LogP contribution in [0, 0.1) is 16.0 Å². The molecule has 0 amide bonds. The van der Waals surface area contributed by atoms with E-state index in [9.17, 15) is 14.9 Å². The van der Waals surface area contributed by atoms with Crippen LogP contribution in [0.1, 0.15) is 31.1 Å². The minimum atomic E-state index is -1.23. The van der Waals surface area contributed by atoms with Gasteiger partial charge in [-0.1, -0.05) is 13.8 Å². The predicted molar refractivity (Wildman–Crippen MR) is 70.6 cm³/mol. The van der Waals surface area contributed by atoms with E-state index in [1.807, 2.05) is 20.8 Å². The maximum Gasteiger partial charge on any atom is 0.339 e. The third-order valence-electron chi connectivity index (χ3n) is 3.20. The maximum atomic E-state index is 11.2. The largest absolute Gasteiger partial charge is 0.478 e. The van der Waals surface area contributed by atoms with E-state index in [0.29, 0.717) is 5.92 Å². The van der Waals surface area contributed by atoms with Gasteiger partial charge in [-0.15, -0.1) is 0 Å². The molecule has 0 aliphatic carbocycles. The van der Waals surface area contributed by atoms with E-state index in [-0.39, 0.29) is 23.1 Å². The van der Waals surface area contributed by atoms with Crippen LogP contribution >= 0.6 is 0 Å². The lowest BCUT2D eigenvalue weighted by Crippen LogP contribution is -2.35. The SMILES string of the molecule is CC(C)C(C)N(C)c1ncc([N+](=O)[O-])cc1C(=O)O. The third kappa shape index (κ3) is 3.18.